The summed E-state index contributed by atoms with van der Waals surface area (Å²) < 4.78 is 19.7. The fourth-order valence-electron chi connectivity index (χ4n) is 5.97. The lowest BCUT2D eigenvalue weighted by Crippen LogP contribution is -2.39. The molecule has 0 spiro atoms. The molecule has 2 rings (SSSR count). The fourth-order valence-corrected chi connectivity index (χ4v) is 6.92. The third-order valence-electron chi connectivity index (χ3n) is 9.03. The molecule has 5 unspecified atom stereocenters. The van der Waals surface area contributed by atoms with Crippen LogP contribution in [0.4, 0.5) is 3.89 Å². The molecular weight excluding hydrogens is 637 g/mol. The highest BCUT2D eigenvalue weighted by Crippen LogP contribution is 2.42. The molecule has 0 aliphatic rings. The van der Waals surface area contributed by atoms with Crippen LogP contribution in [0.5, 0.6) is 5.75 Å². The predicted molar refractivity (Wildman–Crippen MR) is 211 cm³/mol. The Morgan fingerprint density at radius 2 is 1.69 bits per heavy atom. The summed E-state index contributed by atoms with van der Waals surface area (Å²) in [6.07, 6.45) is 10.9. The van der Waals surface area contributed by atoms with Gasteiger partial charge in [-0.2, -0.15) is 3.89 Å². The van der Waals surface area contributed by atoms with E-state index in [-0.39, 0.29) is 29.0 Å². The summed E-state index contributed by atoms with van der Waals surface area (Å²) in [4.78, 5) is 0. The minimum Gasteiger partial charge on any atom is -0.495 e. The van der Waals surface area contributed by atoms with Crippen molar-refractivity contribution in [3.05, 3.63) is 126 Å². The van der Waals surface area contributed by atoms with Crippen LogP contribution >= 0.6 is 23.7 Å². The summed E-state index contributed by atoms with van der Waals surface area (Å²) in [5.41, 5.74) is 15.5. The Morgan fingerprint density at radius 1 is 1.04 bits per heavy atom. The number of allylic oxidation sites excluding steroid dienone is 3. The predicted octanol–water partition coefficient (Wildman–Crippen LogP) is 11.5. The summed E-state index contributed by atoms with van der Waals surface area (Å²) >= 11 is 6.76. The normalized spacial score (nSPS) is 14.9. The minimum absolute atomic E-state index is 0.0538. The van der Waals surface area contributed by atoms with E-state index in [0.717, 1.165) is 49.8 Å². The maximum atomic E-state index is 14.4. The highest BCUT2D eigenvalue weighted by atomic mass is 35.5. The smallest absolute Gasteiger partial charge is 0.137 e. The monoisotopic (exact) mass is 697 g/mol. The van der Waals surface area contributed by atoms with E-state index in [0.29, 0.717) is 40.5 Å². The van der Waals surface area contributed by atoms with Crippen molar-refractivity contribution in [2.45, 2.75) is 84.4 Å². The van der Waals surface area contributed by atoms with Gasteiger partial charge in [-0.1, -0.05) is 121 Å². The summed E-state index contributed by atoms with van der Waals surface area (Å²) in [6, 6.07) is 16.0. The molecule has 0 aliphatic carbocycles. The standard InChI is InChI=1S/C39H56ClFN2OS.C2H5N/c1-26(2)23-35(24-28(4)27(3)15-13-17-33-21-22-38(44-9)36(40)25-33)32(8)43-37(20-14-16-29(5)42)30(6)31(7)39(45-41)34-18-11-10-12-19-34;1-2-3/h10-12,14,16,18-19,21-22,25-27,30-31,35,37,39,43H,4-5,8,13,15,17,20,23-24,42H2,1-3,6-7,9H3;2H,1,3H2/b16-14+;/t27?,30?,31?,35?,37-,39?;/m0./s1. The number of nitrogens with one attached hydrogen (secondary N) is 1. The molecule has 5 N–H and O–H groups in total. The van der Waals surface area contributed by atoms with Crippen molar-refractivity contribution in [2.75, 3.05) is 7.11 Å². The molecule has 0 saturated heterocycles. The molecule has 6 atom stereocenters. The van der Waals surface area contributed by atoms with Gasteiger partial charge in [0.2, 0.25) is 0 Å². The van der Waals surface area contributed by atoms with Crippen molar-refractivity contribution in [3.63, 3.8) is 0 Å². The Bertz CT molecular complexity index is 1300. The molecule has 0 bridgehead atoms. The highest BCUT2D eigenvalue weighted by molar-refractivity contribution is 7.94. The number of ether oxygens (including phenoxy) is 1. The van der Waals surface area contributed by atoms with E-state index >= 15 is 0 Å². The number of aryl methyl sites for hydroxylation is 1. The zero-order chi connectivity index (χ0) is 36.2. The number of nitrogens with two attached hydrogens (primary N) is 2. The number of halogens is 2. The van der Waals surface area contributed by atoms with E-state index in [1.165, 1.54) is 17.3 Å². The van der Waals surface area contributed by atoms with Crippen LogP contribution < -0.4 is 21.5 Å². The molecule has 0 amide bonds. The van der Waals surface area contributed by atoms with E-state index in [9.17, 15) is 3.89 Å². The third-order valence-corrected chi connectivity index (χ3v) is 10.2. The van der Waals surface area contributed by atoms with Crippen LogP contribution in [0.1, 0.15) is 83.1 Å². The van der Waals surface area contributed by atoms with E-state index < -0.39 is 0 Å². The maximum absolute atomic E-state index is 14.4. The average Bonchev–Trinajstić information content (AvgIpc) is 3.04. The Morgan fingerprint density at radius 3 is 2.23 bits per heavy atom. The second-order valence-corrected chi connectivity index (χ2v) is 14.4. The summed E-state index contributed by atoms with van der Waals surface area (Å²) in [6.45, 7) is 27.2. The van der Waals surface area contributed by atoms with Crippen LogP contribution in [0, 0.1) is 29.6 Å². The molecule has 0 saturated carbocycles. The topological polar surface area (TPSA) is 73.3 Å². The Kier molecular flexibility index (Phi) is 20.8. The molecule has 0 aromatic heterocycles. The Hall–Kier alpha value is -3.09. The SMILES string of the molecule is C=C(N)/C=C/C[C@H](NC(=C)C(CC(=C)C(C)CCCc1ccc(OC)c(Cl)c1)CC(C)C)C(C)C(C)C(SF)c1ccccc1.C=CN. The number of hydrogen-bond acceptors (Lipinski definition) is 5. The largest absolute Gasteiger partial charge is 0.495 e. The number of benzene rings is 2. The Balaban J connectivity index is 0.00000369. The lowest BCUT2D eigenvalue weighted by atomic mass is 9.81. The molecule has 48 heavy (non-hydrogen) atoms. The van der Waals surface area contributed by atoms with Crippen LogP contribution in [-0.4, -0.2) is 13.2 Å². The highest BCUT2D eigenvalue weighted by Gasteiger charge is 2.31. The third kappa shape index (κ3) is 15.4. The summed E-state index contributed by atoms with van der Waals surface area (Å²) in [7, 11) is 1.63. The van der Waals surface area contributed by atoms with E-state index in [1.807, 2.05) is 48.5 Å². The molecule has 0 radical (unpaired) electrons. The van der Waals surface area contributed by atoms with Crippen LogP contribution in [0.25, 0.3) is 0 Å². The van der Waals surface area contributed by atoms with Gasteiger partial charge in [-0.25, -0.2) is 0 Å². The van der Waals surface area contributed by atoms with Gasteiger partial charge in [0.05, 0.1) is 29.5 Å². The van der Waals surface area contributed by atoms with Crippen LogP contribution in [0.3, 0.4) is 0 Å². The van der Waals surface area contributed by atoms with Gasteiger partial charge in [-0.05, 0) is 97.7 Å². The zero-order valence-electron chi connectivity index (χ0n) is 30.2. The quantitative estimate of drug-likeness (QED) is 0.0894. The molecule has 0 fully saturated rings. The van der Waals surface area contributed by atoms with Gasteiger partial charge in [0.1, 0.15) is 5.75 Å². The average molecular weight is 698 g/mol. The first-order valence-corrected chi connectivity index (χ1v) is 18.2. The second-order valence-electron chi connectivity index (χ2n) is 13.3. The van der Waals surface area contributed by atoms with Crippen molar-refractivity contribution in [3.8, 4) is 5.75 Å². The fraction of sp³-hybridized carbons (Fsp3) is 0.463. The molecule has 0 aliphatic heterocycles. The second kappa shape index (κ2) is 23.3. The summed E-state index contributed by atoms with van der Waals surface area (Å²) in [5.74, 6) is 2.08. The maximum Gasteiger partial charge on any atom is 0.137 e. The van der Waals surface area contributed by atoms with Crippen LogP contribution in [0.15, 0.2) is 110 Å². The minimum atomic E-state index is -0.256. The molecule has 7 heteroatoms. The number of methoxy groups -OCH3 is 1. The van der Waals surface area contributed by atoms with Crippen molar-refractivity contribution < 1.29 is 8.62 Å². The van der Waals surface area contributed by atoms with Crippen molar-refractivity contribution in [1.29, 1.82) is 0 Å². The van der Waals surface area contributed by atoms with E-state index in [2.05, 4.69) is 84.1 Å². The van der Waals surface area contributed by atoms with Crippen LogP contribution in [0.2, 0.25) is 5.02 Å². The van der Waals surface area contributed by atoms with Gasteiger partial charge < -0.3 is 21.5 Å². The molecule has 2 aromatic rings. The zero-order valence-corrected chi connectivity index (χ0v) is 31.8. The first-order valence-electron chi connectivity index (χ1n) is 17.0. The Labute approximate surface area is 301 Å². The van der Waals surface area contributed by atoms with Gasteiger partial charge in [-0.15, -0.1) is 0 Å². The lowest BCUT2D eigenvalue weighted by Gasteiger charge is -2.36. The van der Waals surface area contributed by atoms with Crippen molar-refractivity contribution in [1.82, 2.24) is 5.32 Å². The summed E-state index contributed by atoms with van der Waals surface area (Å²) in [5, 5.41) is 4.22. The van der Waals surface area contributed by atoms with Gasteiger partial charge in [-0.3, -0.25) is 0 Å². The number of hydrogen-bond donors (Lipinski definition) is 3. The van der Waals surface area contributed by atoms with E-state index in [1.54, 1.807) is 7.11 Å². The molecule has 2 aromatic carbocycles. The lowest BCUT2D eigenvalue weighted by molar-refractivity contribution is 0.279. The van der Waals surface area contributed by atoms with Gasteiger partial charge >= 0.3 is 0 Å². The van der Waals surface area contributed by atoms with Crippen molar-refractivity contribution >= 4 is 23.7 Å². The molecule has 266 valence electrons. The first kappa shape index (κ1) is 42.9. The number of rotatable bonds is 21. The van der Waals surface area contributed by atoms with Gasteiger partial charge in [0.15, 0.2) is 0 Å². The van der Waals surface area contributed by atoms with Crippen molar-refractivity contribution in [2.24, 2.45) is 41.1 Å². The van der Waals surface area contributed by atoms with E-state index in [4.69, 9.17) is 22.1 Å². The molecule has 0 heterocycles. The van der Waals surface area contributed by atoms with Gasteiger partial charge in [0, 0.05) is 23.4 Å². The molecular formula is C41H61ClFN3OS. The van der Waals surface area contributed by atoms with Crippen LogP contribution in [-0.2, 0) is 6.42 Å². The molecule has 4 nitrogen and oxygen atoms in total. The first-order chi connectivity index (χ1) is 22.8. The van der Waals surface area contributed by atoms with Gasteiger partial charge in [0.25, 0.3) is 0 Å².